The molecule has 2 aromatic carbocycles. The van der Waals surface area contributed by atoms with Gasteiger partial charge >= 0.3 is 0 Å². The molecule has 0 saturated carbocycles. The van der Waals surface area contributed by atoms with Crippen molar-refractivity contribution in [3.8, 4) is 23.0 Å². The number of hydrogen-bond donors (Lipinski definition) is 3. The van der Waals surface area contributed by atoms with E-state index in [4.69, 9.17) is 4.74 Å². The molecule has 0 aromatic heterocycles. The molecule has 0 unspecified atom stereocenters. The Morgan fingerprint density at radius 2 is 1.81 bits per heavy atom. The van der Waals surface area contributed by atoms with Gasteiger partial charge in [-0.15, -0.1) is 0 Å². The molecule has 0 amide bonds. The summed E-state index contributed by atoms with van der Waals surface area (Å²) in [5, 5.41) is 28.1. The Labute approximate surface area is 120 Å². The van der Waals surface area contributed by atoms with E-state index in [1.807, 2.05) is 0 Å². The van der Waals surface area contributed by atoms with Gasteiger partial charge in [0.1, 0.15) is 18.1 Å². The minimum Gasteiger partial charge on any atom is -0.508 e. The van der Waals surface area contributed by atoms with Gasteiger partial charge in [0, 0.05) is 11.6 Å². The quantitative estimate of drug-likeness (QED) is 0.553. The topological polar surface area (TPSA) is 87.0 Å². The third-order valence-corrected chi connectivity index (χ3v) is 3.23. The Hall–Kier alpha value is -2.95. The Morgan fingerprint density at radius 3 is 2.57 bits per heavy atom. The fourth-order valence-corrected chi connectivity index (χ4v) is 2.15. The fraction of sp³-hybridized carbons (Fsp3) is 0.0625. The zero-order valence-electron chi connectivity index (χ0n) is 10.9. The summed E-state index contributed by atoms with van der Waals surface area (Å²) < 4.78 is 5.45. The van der Waals surface area contributed by atoms with Crippen LogP contribution in [0.4, 0.5) is 0 Å². The van der Waals surface area contributed by atoms with Gasteiger partial charge in [0.2, 0.25) is 0 Å². The molecule has 3 rings (SSSR count). The zero-order chi connectivity index (χ0) is 15.0. The molecule has 1 aliphatic heterocycles. The average molecular weight is 284 g/mol. The van der Waals surface area contributed by atoms with Crippen molar-refractivity contribution in [2.75, 3.05) is 6.61 Å². The maximum atomic E-state index is 12.3. The van der Waals surface area contributed by atoms with Gasteiger partial charge in [-0.2, -0.15) is 0 Å². The normalized spacial score (nSPS) is 15.6. The van der Waals surface area contributed by atoms with Crippen LogP contribution in [0.15, 0.2) is 42.0 Å². The van der Waals surface area contributed by atoms with Crippen molar-refractivity contribution in [2.45, 2.75) is 0 Å². The highest BCUT2D eigenvalue weighted by Crippen LogP contribution is 2.32. The first kappa shape index (κ1) is 13.1. The van der Waals surface area contributed by atoms with Crippen LogP contribution >= 0.6 is 0 Å². The number of phenols is 3. The van der Waals surface area contributed by atoms with E-state index in [0.29, 0.717) is 22.4 Å². The van der Waals surface area contributed by atoms with Gasteiger partial charge in [0.15, 0.2) is 17.3 Å². The predicted molar refractivity (Wildman–Crippen MR) is 75.7 cm³/mol. The number of benzene rings is 2. The monoisotopic (exact) mass is 284 g/mol. The number of carbonyl (C=O) groups is 1. The molecule has 5 heteroatoms. The summed E-state index contributed by atoms with van der Waals surface area (Å²) in [6.45, 7) is 0.0803. The lowest BCUT2D eigenvalue weighted by Crippen LogP contribution is -2.18. The van der Waals surface area contributed by atoms with Gasteiger partial charge in [-0.25, -0.2) is 0 Å². The summed E-state index contributed by atoms with van der Waals surface area (Å²) in [7, 11) is 0. The van der Waals surface area contributed by atoms with Crippen molar-refractivity contribution in [3.05, 3.63) is 53.1 Å². The van der Waals surface area contributed by atoms with Crippen LogP contribution in [0.2, 0.25) is 0 Å². The Morgan fingerprint density at radius 1 is 1.00 bits per heavy atom. The molecule has 106 valence electrons. The van der Waals surface area contributed by atoms with Crippen LogP contribution in [-0.4, -0.2) is 27.7 Å². The molecular formula is C16H12O5. The summed E-state index contributed by atoms with van der Waals surface area (Å²) in [5.74, 6) is -0.269. The van der Waals surface area contributed by atoms with Crippen molar-refractivity contribution in [2.24, 2.45) is 0 Å². The number of aromatic hydroxyl groups is 3. The van der Waals surface area contributed by atoms with E-state index in [-0.39, 0.29) is 29.6 Å². The van der Waals surface area contributed by atoms with Crippen molar-refractivity contribution in [1.29, 1.82) is 0 Å². The molecule has 0 saturated heterocycles. The highest BCUT2D eigenvalue weighted by atomic mass is 16.5. The third-order valence-electron chi connectivity index (χ3n) is 3.23. The van der Waals surface area contributed by atoms with E-state index >= 15 is 0 Å². The Kier molecular flexibility index (Phi) is 3.02. The molecule has 21 heavy (non-hydrogen) atoms. The second-order valence-corrected chi connectivity index (χ2v) is 4.72. The lowest BCUT2D eigenvalue weighted by atomic mass is 9.98. The average Bonchev–Trinajstić information content (AvgIpc) is 2.46. The van der Waals surface area contributed by atoms with Gasteiger partial charge in [0.05, 0.1) is 5.56 Å². The van der Waals surface area contributed by atoms with Crippen LogP contribution < -0.4 is 4.74 Å². The van der Waals surface area contributed by atoms with Crippen molar-refractivity contribution in [1.82, 2.24) is 0 Å². The van der Waals surface area contributed by atoms with E-state index < -0.39 is 0 Å². The summed E-state index contributed by atoms with van der Waals surface area (Å²) in [6, 6.07) is 8.63. The van der Waals surface area contributed by atoms with Gasteiger partial charge < -0.3 is 20.1 Å². The summed E-state index contributed by atoms with van der Waals surface area (Å²) in [6.07, 6.45) is 1.59. The largest absolute Gasteiger partial charge is 0.508 e. The molecule has 3 N–H and O–H groups in total. The van der Waals surface area contributed by atoms with Gasteiger partial charge in [-0.05, 0) is 35.9 Å². The fourth-order valence-electron chi connectivity index (χ4n) is 2.15. The third kappa shape index (κ3) is 2.41. The van der Waals surface area contributed by atoms with Crippen LogP contribution in [0, 0.1) is 0 Å². The zero-order valence-corrected chi connectivity index (χ0v) is 10.9. The first-order valence-electron chi connectivity index (χ1n) is 6.27. The lowest BCUT2D eigenvalue weighted by molar-refractivity contribution is 0.100. The van der Waals surface area contributed by atoms with Crippen molar-refractivity contribution < 1.29 is 24.9 Å². The minimum atomic E-state index is -0.251. The number of ether oxygens (including phenoxy) is 1. The van der Waals surface area contributed by atoms with Crippen LogP contribution in [0.1, 0.15) is 15.9 Å². The number of hydrogen-bond acceptors (Lipinski definition) is 5. The molecule has 2 aromatic rings. The molecule has 0 radical (unpaired) electrons. The van der Waals surface area contributed by atoms with E-state index in [1.54, 1.807) is 12.1 Å². The minimum absolute atomic E-state index is 0.0393. The highest BCUT2D eigenvalue weighted by molar-refractivity contribution is 6.14. The van der Waals surface area contributed by atoms with Crippen LogP contribution in [0.3, 0.4) is 0 Å². The summed E-state index contributed by atoms with van der Waals surface area (Å²) in [4.78, 5) is 12.3. The van der Waals surface area contributed by atoms with Crippen LogP contribution in [0.5, 0.6) is 23.0 Å². The Bertz CT molecular complexity index is 761. The van der Waals surface area contributed by atoms with Crippen LogP contribution in [-0.2, 0) is 0 Å². The second kappa shape index (κ2) is 4.86. The molecule has 0 spiro atoms. The van der Waals surface area contributed by atoms with E-state index in [0.717, 1.165) is 0 Å². The second-order valence-electron chi connectivity index (χ2n) is 4.72. The number of ketones is 1. The van der Waals surface area contributed by atoms with E-state index in [2.05, 4.69) is 0 Å². The maximum absolute atomic E-state index is 12.3. The lowest BCUT2D eigenvalue weighted by Gasteiger charge is -2.18. The van der Waals surface area contributed by atoms with Crippen LogP contribution in [0.25, 0.3) is 6.08 Å². The number of carbonyl (C=O) groups excluding carboxylic acids is 1. The molecule has 0 aliphatic carbocycles. The molecule has 5 nitrogen and oxygen atoms in total. The van der Waals surface area contributed by atoms with E-state index in [1.165, 1.54) is 30.3 Å². The van der Waals surface area contributed by atoms with Crippen molar-refractivity contribution in [3.63, 3.8) is 0 Å². The molecule has 1 aliphatic rings. The first-order valence-corrected chi connectivity index (χ1v) is 6.27. The van der Waals surface area contributed by atoms with Gasteiger partial charge in [0.25, 0.3) is 0 Å². The molecular weight excluding hydrogens is 272 g/mol. The molecule has 1 heterocycles. The highest BCUT2D eigenvalue weighted by Gasteiger charge is 2.23. The maximum Gasteiger partial charge on any atom is 0.196 e. The molecule has 0 atom stereocenters. The summed E-state index contributed by atoms with van der Waals surface area (Å²) >= 11 is 0. The SMILES string of the molecule is O=C1/C(=C/c2ccc(O)c(O)c2)COc2cc(O)ccc21. The predicted octanol–water partition coefficient (Wildman–Crippen LogP) is 2.46. The molecule has 0 bridgehead atoms. The number of phenolic OH excluding ortho intramolecular Hbond substituents is 3. The number of Topliss-reactive ketones (excluding diaryl/α,β-unsaturated/α-hetero) is 1. The smallest absolute Gasteiger partial charge is 0.196 e. The number of fused-ring (bicyclic) bond motifs is 1. The first-order chi connectivity index (χ1) is 10.0. The number of rotatable bonds is 1. The molecule has 0 fully saturated rings. The Balaban J connectivity index is 1.97. The van der Waals surface area contributed by atoms with Crippen molar-refractivity contribution >= 4 is 11.9 Å². The van der Waals surface area contributed by atoms with Gasteiger partial charge in [-0.3, -0.25) is 4.79 Å². The standard InChI is InChI=1S/C16H12O5/c17-11-2-3-12-15(7-11)21-8-10(16(12)20)5-9-1-4-13(18)14(19)6-9/h1-7,17-19H,8H2/b10-5+. The summed E-state index contributed by atoms with van der Waals surface area (Å²) in [5.41, 5.74) is 1.39. The van der Waals surface area contributed by atoms with E-state index in [9.17, 15) is 20.1 Å². The van der Waals surface area contributed by atoms with Gasteiger partial charge in [-0.1, -0.05) is 6.07 Å².